The van der Waals surface area contributed by atoms with Crippen molar-refractivity contribution in [1.82, 2.24) is 9.97 Å². The Balaban J connectivity index is 1.18. The Hall–Kier alpha value is -5.50. The normalized spacial score (nSPS) is 11.1. The average molecular weight is 602 g/mol. The third-order valence-corrected chi connectivity index (χ3v) is 7.48. The van der Waals surface area contributed by atoms with Crippen LogP contribution in [0.1, 0.15) is 38.3 Å². The van der Waals surface area contributed by atoms with Gasteiger partial charge in [0.25, 0.3) is 0 Å². The molecule has 0 saturated heterocycles. The number of benzene rings is 4. The van der Waals surface area contributed by atoms with E-state index in [0.29, 0.717) is 41.8 Å². The number of nitrogens with one attached hydrogen (secondary N) is 1. The Morgan fingerprint density at radius 3 is 2.20 bits per heavy atom. The second kappa shape index (κ2) is 13.9. The molecule has 5 rings (SSSR count). The Morgan fingerprint density at radius 2 is 1.51 bits per heavy atom. The quantitative estimate of drug-likeness (QED) is 0.149. The van der Waals surface area contributed by atoms with Crippen LogP contribution in [0.15, 0.2) is 109 Å². The van der Waals surface area contributed by atoms with Crippen molar-refractivity contribution < 1.29 is 24.2 Å². The highest BCUT2D eigenvalue weighted by molar-refractivity contribution is 5.90. The van der Waals surface area contributed by atoms with Crippen LogP contribution in [-0.4, -0.2) is 33.6 Å². The van der Waals surface area contributed by atoms with Crippen molar-refractivity contribution >= 4 is 17.7 Å². The van der Waals surface area contributed by atoms with E-state index >= 15 is 0 Å². The first-order valence-corrected chi connectivity index (χ1v) is 14.8. The molecular weight excluding hydrogens is 566 g/mol. The molecule has 1 heterocycles. The summed E-state index contributed by atoms with van der Waals surface area (Å²) in [5, 5.41) is 12.3. The summed E-state index contributed by atoms with van der Waals surface area (Å²) in [5.74, 6) is 1.26. The molecular formula is C37H35N3O5. The van der Waals surface area contributed by atoms with Gasteiger partial charge in [-0.2, -0.15) is 0 Å². The number of nitrogens with zero attached hydrogens (tertiary/aromatic N) is 2. The molecule has 0 saturated carbocycles. The number of carboxylic acids is 1. The highest BCUT2D eigenvalue weighted by Crippen LogP contribution is 2.33. The fraction of sp³-hybridized carbons (Fsp3) is 0.189. The van der Waals surface area contributed by atoms with Gasteiger partial charge in [0.05, 0.1) is 30.1 Å². The molecule has 1 amide bonds. The van der Waals surface area contributed by atoms with E-state index in [1.54, 1.807) is 20.0 Å². The van der Waals surface area contributed by atoms with Crippen molar-refractivity contribution in [3.63, 3.8) is 0 Å². The van der Waals surface area contributed by atoms with Gasteiger partial charge in [-0.25, -0.2) is 4.98 Å². The van der Waals surface area contributed by atoms with Gasteiger partial charge in [0.15, 0.2) is 17.3 Å². The summed E-state index contributed by atoms with van der Waals surface area (Å²) >= 11 is 0. The number of hydrogen-bond donors (Lipinski definition) is 2. The van der Waals surface area contributed by atoms with Crippen LogP contribution in [0.5, 0.6) is 17.2 Å². The first kappa shape index (κ1) is 30.9. The molecule has 0 fully saturated rings. The van der Waals surface area contributed by atoms with Gasteiger partial charge in [0, 0.05) is 12.0 Å². The van der Waals surface area contributed by atoms with Crippen molar-refractivity contribution in [2.24, 2.45) is 0 Å². The zero-order valence-electron chi connectivity index (χ0n) is 25.5. The third-order valence-electron chi connectivity index (χ3n) is 7.48. The largest absolute Gasteiger partial charge is 0.490 e. The molecule has 8 heteroatoms. The van der Waals surface area contributed by atoms with Crippen LogP contribution >= 0.6 is 0 Å². The summed E-state index contributed by atoms with van der Waals surface area (Å²) in [6.45, 7) is 5.85. The monoisotopic (exact) mass is 601 g/mol. The molecule has 0 aliphatic heterocycles. The minimum atomic E-state index is -0.951. The van der Waals surface area contributed by atoms with E-state index in [1.807, 2.05) is 104 Å². The number of rotatable bonds is 12. The molecule has 0 unspecified atom stereocenters. The van der Waals surface area contributed by atoms with E-state index < -0.39 is 11.4 Å². The highest BCUT2D eigenvalue weighted by Gasteiger charge is 2.29. The molecule has 1 aromatic heterocycles. The van der Waals surface area contributed by atoms with E-state index in [-0.39, 0.29) is 12.3 Å². The maximum absolute atomic E-state index is 12.8. The van der Waals surface area contributed by atoms with Gasteiger partial charge in [-0.05, 0) is 73.7 Å². The highest BCUT2D eigenvalue weighted by atomic mass is 16.5. The summed E-state index contributed by atoms with van der Waals surface area (Å²) in [6.07, 6.45) is 4.02. The smallest absolute Gasteiger partial charge is 0.313 e. The van der Waals surface area contributed by atoms with Crippen LogP contribution in [0.25, 0.3) is 22.4 Å². The van der Waals surface area contributed by atoms with Gasteiger partial charge in [0.1, 0.15) is 5.75 Å². The number of carbonyl (C=O) groups is 2. The molecule has 5 aromatic rings. The van der Waals surface area contributed by atoms with Gasteiger partial charge in [-0.15, -0.1) is 0 Å². The van der Waals surface area contributed by atoms with Crippen molar-refractivity contribution in [3.8, 4) is 39.6 Å². The number of ether oxygens (including phenoxy) is 2. The molecule has 8 nitrogen and oxygen atoms in total. The second-order valence-electron chi connectivity index (χ2n) is 11.1. The molecule has 0 aliphatic rings. The Morgan fingerprint density at radius 1 is 0.822 bits per heavy atom. The number of aliphatic carboxylic acids is 1. The van der Waals surface area contributed by atoms with Crippen LogP contribution < -0.4 is 14.8 Å². The predicted octanol–water partition coefficient (Wildman–Crippen LogP) is 7.94. The van der Waals surface area contributed by atoms with Crippen LogP contribution in [0.2, 0.25) is 0 Å². The van der Waals surface area contributed by atoms with Crippen molar-refractivity contribution in [2.75, 3.05) is 11.9 Å². The number of aromatic nitrogens is 2. The van der Waals surface area contributed by atoms with E-state index in [1.165, 1.54) is 6.20 Å². The Bertz CT molecular complexity index is 1780. The molecule has 2 N–H and O–H groups in total. The number of hydrogen-bond acceptors (Lipinski definition) is 6. The zero-order valence-corrected chi connectivity index (χ0v) is 25.5. The Labute approximate surface area is 262 Å². The van der Waals surface area contributed by atoms with Gasteiger partial charge in [-0.3, -0.25) is 14.6 Å². The topological polar surface area (TPSA) is 111 Å². The molecule has 0 spiro atoms. The minimum absolute atomic E-state index is 0.160. The fourth-order valence-electron chi connectivity index (χ4n) is 4.75. The maximum Gasteiger partial charge on any atom is 0.313 e. The number of carbonyl (C=O) groups excluding carboxylic acids is 1. The standard InChI is InChI=1S/C37H35N3O5/c1-4-44-32-10-5-6-11-33(32)45-30-9-7-8-28(22-30)31-23-38-24-34(39-31)40-35(41)21-14-25-12-15-26(16-13-25)27-17-19-29(20-18-27)37(2,3)36(42)43/h5-13,15-20,22-24H,4,14,21H2,1-3H3,(H,42,43)(H,39,40,41). The third kappa shape index (κ3) is 7.72. The van der Waals surface area contributed by atoms with E-state index in [0.717, 1.165) is 27.8 Å². The van der Waals surface area contributed by atoms with Gasteiger partial charge in [-0.1, -0.05) is 72.8 Å². The summed E-state index contributed by atoms with van der Waals surface area (Å²) < 4.78 is 11.8. The first-order chi connectivity index (χ1) is 21.7. The lowest BCUT2D eigenvalue weighted by Crippen LogP contribution is -2.28. The maximum atomic E-state index is 12.8. The van der Waals surface area contributed by atoms with Crippen molar-refractivity contribution in [3.05, 3.63) is 121 Å². The van der Waals surface area contributed by atoms with E-state index in [9.17, 15) is 14.7 Å². The molecule has 4 aromatic carbocycles. The number of amides is 1. The zero-order chi connectivity index (χ0) is 31.8. The van der Waals surface area contributed by atoms with Crippen LogP contribution in [0, 0.1) is 0 Å². The summed E-state index contributed by atoms with van der Waals surface area (Å²) in [7, 11) is 0. The number of carboxylic acid groups (broad SMARTS) is 1. The lowest BCUT2D eigenvalue weighted by Gasteiger charge is -2.19. The molecule has 0 radical (unpaired) electrons. The lowest BCUT2D eigenvalue weighted by atomic mass is 9.84. The lowest BCUT2D eigenvalue weighted by molar-refractivity contribution is -0.142. The van der Waals surface area contributed by atoms with Crippen molar-refractivity contribution in [2.45, 2.75) is 39.0 Å². The minimum Gasteiger partial charge on any atom is -0.490 e. The van der Waals surface area contributed by atoms with Crippen LogP contribution in [0.3, 0.4) is 0 Å². The number of aryl methyl sites for hydroxylation is 1. The van der Waals surface area contributed by atoms with Gasteiger partial charge < -0.3 is 19.9 Å². The predicted molar refractivity (Wildman–Crippen MR) is 175 cm³/mol. The summed E-state index contributed by atoms with van der Waals surface area (Å²) in [6, 6.07) is 30.6. The number of anilines is 1. The van der Waals surface area contributed by atoms with Crippen LogP contribution in [-0.2, 0) is 21.4 Å². The molecule has 45 heavy (non-hydrogen) atoms. The van der Waals surface area contributed by atoms with Gasteiger partial charge in [0.2, 0.25) is 5.91 Å². The van der Waals surface area contributed by atoms with E-state index in [2.05, 4.69) is 15.3 Å². The van der Waals surface area contributed by atoms with Crippen molar-refractivity contribution in [1.29, 1.82) is 0 Å². The number of para-hydroxylation sites is 2. The SMILES string of the molecule is CCOc1ccccc1Oc1cccc(-c2cncc(NC(=O)CCc3ccc(-c4ccc(C(C)(C)C(=O)O)cc4)cc3)n2)c1. The molecule has 228 valence electrons. The molecule has 0 bridgehead atoms. The molecule has 0 atom stereocenters. The molecule has 0 aliphatic carbocycles. The summed E-state index contributed by atoms with van der Waals surface area (Å²) in [5.41, 5.74) is 4.24. The van der Waals surface area contributed by atoms with Crippen LogP contribution in [0.4, 0.5) is 5.82 Å². The summed E-state index contributed by atoms with van der Waals surface area (Å²) in [4.78, 5) is 33.2. The Kier molecular flexibility index (Phi) is 9.53. The average Bonchev–Trinajstić information content (AvgIpc) is 3.05. The fourth-order valence-corrected chi connectivity index (χ4v) is 4.75. The van der Waals surface area contributed by atoms with E-state index in [4.69, 9.17) is 9.47 Å². The van der Waals surface area contributed by atoms with Gasteiger partial charge >= 0.3 is 5.97 Å². The first-order valence-electron chi connectivity index (χ1n) is 14.8. The second-order valence-corrected chi connectivity index (χ2v) is 11.1.